The molecule has 1 aromatic carbocycles. The van der Waals surface area contributed by atoms with Gasteiger partial charge in [-0.1, -0.05) is 0 Å². The summed E-state index contributed by atoms with van der Waals surface area (Å²) >= 11 is 5.10. The van der Waals surface area contributed by atoms with Crippen LogP contribution in [0.15, 0.2) is 18.2 Å². The van der Waals surface area contributed by atoms with Gasteiger partial charge in [-0.2, -0.15) is 0 Å². The highest BCUT2D eigenvalue weighted by molar-refractivity contribution is 7.71. The van der Waals surface area contributed by atoms with Crippen LogP contribution in [0.2, 0.25) is 0 Å². The van der Waals surface area contributed by atoms with Crippen LogP contribution >= 0.6 is 12.2 Å². The highest BCUT2D eigenvalue weighted by Gasteiger charge is 2.08. The van der Waals surface area contributed by atoms with Gasteiger partial charge in [-0.25, -0.2) is 4.39 Å². The number of carbonyl (C=O) groups is 1. The van der Waals surface area contributed by atoms with Gasteiger partial charge in [0.05, 0.1) is 11.0 Å². The van der Waals surface area contributed by atoms with Crippen LogP contribution < -0.4 is 5.32 Å². The fourth-order valence-electron chi connectivity index (χ4n) is 1.69. The number of amides is 1. The van der Waals surface area contributed by atoms with Crippen LogP contribution in [-0.4, -0.2) is 22.0 Å². The highest BCUT2D eigenvalue weighted by Crippen LogP contribution is 2.15. The fourth-order valence-corrected chi connectivity index (χ4v) is 1.96. The number of H-pyrrole nitrogens is 1. The molecule has 4 nitrogen and oxygen atoms in total. The number of likely N-dealkylation sites (N-methyl/N-ethyl adjacent to an activating group) is 1. The number of hydrogen-bond donors (Lipinski definition) is 2. The number of nitrogens with one attached hydrogen (secondary N) is 2. The van der Waals surface area contributed by atoms with Crippen LogP contribution in [0.3, 0.4) is 0 Å². The highest BCUT2D eigenvalue weighted by atomic mass is 32.1. The van der Waals surface area contributed by atoms with Crippen molar-refractivity contribution < 1.29 is 9.18 Å². The molecule has 0 aliphatic heterocycles. The molecule has 0 saturated carbocycles. The molecule has 0 radical (unpaired) electrons. The molecule has 0 spiro atoms. The summed E-state index contributed by atoms with van der Waals surface area (Å²) in [5, 5.41) is 2.69. The Bertz CT molecular complexity index is 617. The van der Waals surface area contributed by atoms with Crippen molar-refractivity contribution in [1.82, 2.24) is 14.9 Å². The zero-order chi connectivity index (χ0) is 12.4. The van der Waals surface area contributed by atoms with E-state index in [0.29, 0.717) is 16.8 Å². The van der Waals surface area contributed by atoms with Crippen LogP contribution in [0, 0.1) is 10.6 Å². The van der Waals surface area contributed by atoms with Gasteiger partial charge in [-0.05, 0) is 37.3 Å². The third kappa shape index (κ3) is 2.36. The Morgan fingerprint density at radius 3 is 3.06 bits per heavy atom. The lowest BCUT2D eigenvalue weighted by Gasteiger charge is -2.04. The number of hydrogen-bond acceptors (Lipinski definition) is 2. The number of carbonyl (C=O) groups excluding carboxylic acids is 1. The standard InChI is InChI=1S/C11H12FN3OS/c1-2-13-10(16)6-15-9-4-3-7(12)5-8(9)14-11(15)17/h3-5H,2,6H2,1H3,(H,13,16)(H,14,17). The molecule has 0 atom stereocenters. The number of rotatable bonds is 3. The van der Waals surface area contributed by atoms with Gasteiger partial charge in [0, 0.05) is 6.54 Å². The largest absolute Gasteiger partial charge is 0.355 e. The molecular weight excluding hydrogens is 241 g/mol. The normalized spacial score (nSPS) is 10.7. The first-order valence-corrected chi connectivity index (χ1v) is 5.67. The smallest absolute Gasteiger partial charge is 0.240 e. The van der Waals surface area contributed by atoms with Crippen molar-refractivity contribution in [3.05, 3.63) is 28.8 Å². The Morgan fingerprint density at radius 1 is 1.59 bits per heavy atom. The minimum Gasteiger partial charge on any atom is -0.355 e. The van der Waals surface area contributed by atoms with Crippen molar-refractivity contribution in [3.63, 3.8) is 0 Å². The van der Waals surface area contributed by atoms with E-state index in [2.05, 4.69) is 10.3 Å². The second kappa shape index (κ2) is 4.67. The van der Waals surface area contributed by atoms with Crippen molar-refractivity contribution in [1.29, 1.82) is 0 Å². The molecule has 2 N–H and O–H groups in total. The van der Waals surface area contributed by atoms with E-state index in [4.69, 9.17) is 12.2 Å². The summed E-state index contributed by atoms with van der Waals surface area (Å²) in [7, 11) is 0. The predicted octanol–water partition coefficient (Wildman–Crippen LogP) is 1.97. The van der Waals surface area contributed by atoms with Crippen LogP contribution in [0.25, 0.3) is 11.0 Å². The quantitative estimate of drug-likeness (QED) is 0.822. The minimum absolute atomic E-state index is 0.117. The zero-order valence-electron chi connectivity index (χ0n) is 9.29. The zero-order valence-corrected chi connectivity index (χ0v) is 10.1. The topological polar surface area (TPSA) is 49.8 Å². The monoisotopic (exact) mass is 253 g/mol. The second-order valence-corrected chi connectivity index (χ2v) is 4.02. The molecule has 90 valence electrons. The Kier molecular flexibility index (Phi) is 3.23. The van der Waals surface area contributed by atoms with Gasteiger partial charge in [0.25, 0.3) is 0 Å². The van der Waals surface area contributed by atoms with Gasteiger partial charge < -0.3 is 14.9 Å². The van der Waals surface area contributed by atoms with Gasteiger partial charge in [0.1, 0.15) is 12.4 Å². The lowest BCUT2D eigenvalue weighted by molar-refractivity contribution is -0.121. The van der Waals surface area contributed by atoms with E-state index in [1.165, 1.54) is 12.1 Å². The first-order valence-electron chi connectivity index (χ1n) is 5.26. The third-order valence-electron chi connectivity index (χ3n) is 2.41. The Balaban J connectivity index is 2.43. The lowest BCUT2D eigenvalue weighted by atomic mass is 10.3. The van der Waals surface area contributed by atoms with Gasteiger partial charge in [0.2, 0.25) is 5.91 Å². The summed E-state index contributed by atoms with van der Waals surface area (Å²) in [5.41, 5.74) is 1.32. The predicted molar refractivity (Wildman–Crippen MR) is 65.8 cm³/mol. The number of nitrogens with zero attached hydrogens (tertiary/aromatic N) is 1. The van der Waals surface area contributed by atoms with E-state index in [-0.39, 0.29) is 18.3 Å². The molecule has 2 aromatic rings. The maximum atomic E-state index is 13.0. The van der Waals surface area contributed by atoms with E-state index in [1.54, 1.807) is 10.6 Å². The first kappa shape index (κ1) is 11.8. The average molecular weight is 253 g/mol. The summed E-state index contributed by atoms with van der Waals surface area (Å²) in [6.45, 7) is 2.56. The molecule has 0 fully saturated rings. The van der Waals surface area contributed by atoms with Crippen molar-refractivity contribution in [2.24, 2.45) is 0 Å². The SMILES string of the molecule is CCNC(=O)Cn1c(=S)[nH]c2cc(F)ccc21. The maximum absolute atomic E-state index is 13.0. The lowest BCUT2D eigenvalue weighted by Crippen LogP contribution is -2.27. The van der Waals surface area contributed by atoms with Gasteiger partial charge in [0.15, 0.2) is 4.77 Å². The van der Waals surface area contributed by atoms with Crippen molar-refractivity contribution >= 4 is 29.2 Å². The van der Waals surface area contributed by atoms with E-state index in [9.17, 15) is 9.18 Å². The minimum atomic E-state index is -0.334. The van der Waals surface area contributed by atoms with Crippen LogP contribution in [0.4, 0.5) is 4.39 Å². The van der Waals surface area contributed by atoms with Crippen molar-refractivity contribution in [2.75, 3.05) is 6.54 Å². The average Bonchev–Trinajstić information content (AvgIpc) is 2.55. The third-order valence-corrected chi connectivity index (χ3v) is 2.73. The summed E-state index contributed by atoms with van der Waals surface area (Å²) in [6.07, 6.45) is 0. The number of imidazole rings is 1. The molecule has 2 rings (SSSR count). The number of aromatic nitrogens is 2. The summed E-state index contributed by atoms with van der Waals surface area (Å²) < 4.78 is 15.1. The van der Waals surface area contributed by atoms with Crippen LogP contribution in [-0.2, 0) is 11.3 Å². The van der Waals surface area contributed by atoms with E-state index >= 15 is 0 Å². The van der Waals surface area contributed by atoms with Crippen molar-refractivity contribution in [2.45, 2.75) is 13.5 Å². The number of benzene rings is 1. The van der Waals surface area contributed by atoms with Crippen LogP contribution in [0.1, 0.15) is 6.92 Å². The van der Waals surface area contributed by atoms with Gasteiger partial charge in [-0.15, -0.1) is 0 Å². The first-order chi connectivity index (χ1) is 8.11. The molecule has 0 aliphatic rings. The number of aromatic amines is 1. The fraction of sp³-hybridized carbons (Fsp3) is 0.273. The molecule has 0 aliphatic carbocycles. The Morgan fingerprint density at radius 2 is 2.35 bits per heavy atom. The summed E-state index contributed by atoms with van der Waals surface area (Å²) in [5.74, 6) is -0.451. The molecule has 1 aromatic heterocycles. The Labute approximate surface area is 102 Å². The number of halogens is 1. The molecule has 0 unspecified atom stereocenters. The molecule has 1 heterocycles. The molecule has 6 heteroatoms. The van der Waals surface area contributed by atoms with E-state index in [0.717, 1.165) is 5.52 Å². The van der Waals surface area contributed by atoms with Gasteiger partial charge in [-0.3, -0.25) is 4.79 Å². The summed E-state index contributed by atoms with van der Waals surface area (Å²) in [4.78, 5) is 14.4. The second-order valence-electron chi connectivity index (χ2n) is 3.63. The van der Waals surface area contributed by atoms with E-state index < -0.39 is 0 Å². The van der Waals surface area contributed by atoms with E-state index in [1.807, 2.05) is 6.92 Å². The molecule has 1 amide bonds. The van der Waals surface area contributed by atoms with Crippen molar-refractivity contribution in [3.8, 4) is 0 Å². The Hall–Kier alpha value is -1.69. The summed E-state index contributed by atoms with van der Waals surface area (Å²) in [6, 6.07) is 4.31. The van der Waals surface area contributed by atoms with Gasteiger partial charge >= 0.3 is 0 Å². The number of fused-ring (bicyclic) bond motifs is 1. The maximum Gasteiger partial charge on any atom is 0.240 e. The molecule has 0 saturated heterocycles. The molecular formula is C11H12FN3OS. The van der Waals surface area contributed by atoms with Crippen LogP contribution in [0.5, 0.6) is 0 Å². The molecule has 17 heavy (non-hydrogen) atoms. The molecule has 0 bridgehead atoms.